The van der Waals surface area contributed by atoms with E-state index in [1.165, 1.54) is 31.3 Å². The number of hydrogen-bond acceptors (Lipinski definition) is 3. The molecule has 0 atom stereocenters. The molecule has 0 unspecified atom stereocenters. The lowest BCUT2D eigenvalue weighted by Gasteiger charge is -2.14. The molecule has 1 aromatic rings. The van der Waals surface area contributed by atoms with Gasteiger partial charge in [-0.05, 0) is 48.8 Å². The van der Waals surface area contributed by atoms with E-state index in [2.05, 4.69) is 11.2 Å². The Morgan fingerprint density at radius 2 is 1.95 bits per heavy atom. The van der Waals surface area contributed by atoms with Crippen LogP contribution in [0.5, 0.6) is 0 Å². The highest BCUT2D eigenvalue weighted by molar-refractivity contribution is 6.26. The summed E-state index contributed by atoms with van der Waals surface area (Å²) in [4.78, 5) is 0. The maximum Gasteiger partial charge on any atom is 0.0876 e. The van der Waals surface area contributed by atoms with Gasteiger partial charge in [-0.1, -0.05) is 41.8 Å². The van der Waals surface area contributed by atoms with Gasteiger partial charge in [0.15, 0.2) is 0 Å². The topological polar surface area (TPSA) is 52.8 Å². The summed E-state index contributed by atoms with van der Waals surface area (Å²) in [6.45, 7) is 0.0471. The molecule has 3 nitrogen and oxygen atoms in total. The number of aliphatic hydroxyl groups excluding tert-OH is 1. The molecular formula is C17H21NO2. The van der Waals surface area contributed by atoms with Gasteiger partial charge in [-0.15, -0.1) is 0 Å². The number of aliphatic hydroxyl groups is 1. The lowest BCUT2D eigenvalue weighted by Crippen LogP contribution is -2.02. The number of nitrogens with zero attached hydrogens (tertiary/aromatic N) is 1. The van der Waals surface area contributed by atoms with Gasteiger partial charge in [0.1, 0.15) is 0 Å². The van der Waals surface area contributed by atoms with E-state index in [0.29, 0.717) is 5.92 Å². The molecule has 0 heterocycles. The van der Waals surface area contributed by atoms with Crippen LogP contribution in [0.4, 0.5) is 0 Å². The van der Waals surface area contributed by atoms with Crippen LogP contribution in [-0.4, -0.2) is 16.0 Å². The van der Waals surface area contributed by atoms with Crippen LogP contribution in [0, 0.1) is 5.92 Å². The van der Waals surface area contributed by atoms with E-state index < -0.39 is 0 Å². The summed E-state index contributed by atoms with van der Waals surface area (Å²) in [5.74, 6) is 0.655. The van der Waals surface area contributed by atoms with Crippen molar-refractivity contribution in [3.63, 3.8) is 0 Å². The van der Waals surface area contributed by atoms with Crippen molar-refractivity contribution in [2.75, 3.05) is 0 Å². The largest absolute Gasteiger partial charge is 0.411 e. The summed E-state index contributed by atoms with van der Waals surface area (Å²) in [5, 5.41) is 22.1. The Bertz CT molecular complexity index is 554. The molecule has 2 aliphatic carbocycles. The highest BCUT2D eigenvalue weighted by Gasteiger charge is 2.30. The molecule has 2 N–H and O–H groups in total. The van der Waals surface area contributed by atoms with Gasteiger partial charge in [-0.2, -0.15) is 0 Å². The number of oxime groups is 1. The van der Waals surface area contributed by atoms with Crippen LogP contribution in [0.1, 0.15) is 49.7 Å². The second kappa shape index (κ2) is 5.80. The number of benzene rings is 1. The molecule has 0 bridgehead atoms. The SMILES string of the molecule is OCc1cccc(C2=C(C3CCCC3)CC/C2=N\O)c1. The van der Waals surface area contributed by atoms with Gasteiger partial charge in [0.25, 0.3) is 0 Å². The monoisotopic (exact) mass is 271 g/mol. The zero-order valence-electron chi connectivity index (χ0n) is 11.7. The zero-order valence-corrected chi connectivity index (χ0v) is 11.7. The Balaban J connectivity index is 2.05. The second-order valence-electron chi connectivity index (χ2n) is 5.79. The first-order chi connectivity index (χ1) is 9.83. The highest BCUT2D eigenvalue weighted by Crippen LogP contribution is 2.42. The third-order valence-corrected chi connectivity index (χ3v) is 4.61. The molecule has 0 radical (unpaired) electrons. The van der Waals surface area contributed by atoms with E-state index in [1.807, 2.05) is 18.2 Å². The Hall–Kier alpha value is -1.61. The van der Waals surface area contributed by atoms with E-state index >= 15 is 0 Å². The zero-order chi connectivity index (χ0) is 13.9. The van der Waals surface area contributed by atoms with Crippen LogP contribution >= 0.6 is 0 Å². The normalized spacial score (nSPS) is 22.1. The summed E-state index contributed by atoms with van der Waals surface area (Å²) in [6, 6.07) is 7.96. The Morgan fingerprint density at radius 3 is 2.65 bits per heavy atom. The summed E-state index contributed by atoms with van der Waals surface area (Å²) in [5.41, 5.74) is 5.40. The van der Waals surface area contributed by atoms with E-state index in [-0.39, 0.29) is 6.61 Å². The average Bonchev–Trinajstić information content (AvgIpc) is 3.15. The summed E-state index contributed by atoms with van der Waals surface area (Å²) >= 11 is 0. The van der Waals surface area contributed by atoms with Crippen molar-refractivity contribution in [3.8, 4) is 0 Å². The lowest BCUT2D eigenvalue weighted by molar-refractivity contribution is 0.282. The number of hydrogen-bond donors (Lipinski definition) is 2. The van der Waals surface area contributed by atoms with Gasteiger partial charge < -0.3 is 10.3 Å². The summed E-state index contributed by atoms with van der Waals surface area (Å²) < 4.78 is 0. The minimum Gasteiger partial charge on any atom is -0.411 e. The highest BCUT2D eigenvalue weighted by atomic mass is 16.4. The number of allylic oxidation sites excluding steroid dienone is 2. The predicted molar refractivity (Wildman–Crippen MR) is 79.7 cm³/mol. The van der Waals surface area contributed by atoms with Crippen molar-refractivity contribution < 1.29 is 10.3 Å². The predicted octanol–water partition coefficient (Wildman–Crippen LogP) is 3.75. The molecule has 2 aliphatic rings. The molecule has 20 heavy (non-hydrogen) atoms. The molecule has 1 fully saturated rings. The first-order valence-electron chi connectivity index (χ1n) is 7.48. The van der Waals surface area contributed by atoms with Crippen molar-refractivity contribution in [2.45, 2.75) is 45.1 Å². The average molecular weight is 271 g/mol. The maximum atomic E-state index is 9.31. The first kappa shape index (κ1) is 13.4. The van der Waals surface area contributed by atoms with Crippen LogP contribution in [0.25, 0.3) is 5.57 Å². The molecular weight excluding hydrogens is 250 g/mol. The minimum absolute atomic E-state index is 0.0471. The fourth-order valence-corrected chi connectivity index (χ4v) is 3.65. The van der Waals surface area contributed by atoms with E-state index in [1.54, 1.807) is 0 Å². The van der Waals surface area contributed by atoms with Gasteiger partial charge in [-0.25, -0.2) is 0 Å². The van der Waals surface area contributed by atoms with Gasteiger partial charge in [0.2, 0.25) is 0 Å². The van der Waals surface area contributed by atoms with Gasteiger partial charge in [0.05, 0.1) is 12.3 Å². The van der Waals surface area contributed by atoms with Crippen molar-refractivity contribution in [1.82, 2.24) is 0 Å². The molecule has 0 amide bonds. The molecule has 1 saturated carbocycles. The van der Waals surface area contributed by atoms with E-state index in [0.717, 1.165) is 35.3 Å². The van der Waals surface area contributed by atoms with Crippen LogP contribution in [0.15, 0.2) is 35.0 Å². The first-order valence-corrected chi connectivity index (χ1v) is 7.48. The summed E-state index contributed by atoms with van der Waals surface area (Å²) in [7, 11) is 0. The third kappa shape index (κ3) is 2.38. The van der Waals surface area contributed by atoms with Crippen LogP contribution in [-0.2, 0) is 6.61 Å². The van der Waals surface area contributed by atoms with Gasteiger partial charge in [0, 0.05) is 5.57 Å². The fraction of sp³-hybridized carbons (Fsp3) is 0.471. The van der Waals surface area contributed by atoms with Crippen molar-refractivity contribution in [3.05, 3.63) is 41.0 Å². The second-order valence-corrected chi connectivity index (χ2v) is 5.79. The van der Waals surface area contributed by atoms with Crippen molar-refractivity contribution in [2.24, 2.45) is 11.1 Å². The molecule has 3 heteroatoms. The molecule has 106 valence electrons. The molecule has 0 saturated heterocycles. The van der Waals surface area contributed by atoms with E-state index in [4.69, 9.17) is 0 Å². The van der Waals surface area contributed by atoms with Crippen molar-refractivity contribution in [1.29, 1.82) is 0 Å². The third-order valence-electron chi connectivity index (χ3n) is 4.61. The summed E-state index contributed by atoms with van der Waals surface area (Å²) in [6.07, 6.45) is 6.99. The van der Waals surface area contributed by atoms with Crippen molar-refractivity contribution >= 4 is 11.3 Å². The maximum absolute atomic E-state index is 9.31. The molecule has 1 aromatic carbocycles. The Labute approximate surface area is 119 Å². The molecule has 0 aromatic heterocycles. The van der Waals surface area contributed by atoms with E-state index in [9.17, 15) is 10.3 Å². The fourth-order valence-electron chi connectivity index (χ4n) is 3.65. The Morgan fingerprint density at radius 1 is 1.15 bits per heavy atom. The quantitative estimate of drug-likeness (QED) is 0.650. The molecule has 0 aliphatic heterocycles. The lowest BCUT2D eigenvalue weighted by atomic mass is 9.90. The Kier molecular flexibility index (Phi) is 3.88. The molecule has 0 spiro atoms. The van der Waals surface area contributed by atoms with Crippen LogP contribution < -0.4 is 0 Å². The standard InChI is InChI=1S/C17H21NO2/c19-11-12-4-3-7-14(10-12)17-15(8-9-16(17)18-20)13-5-1-2-6-13/h3-4,7,10,13,19-20H,1-2,5-6,8-9,11H2/b18-16+. The van der Waals surface area contributed by atoms with Crippen LogP contribution in [0.3, 0.4) is 0 Å². The minimum atomic E-state index is 0.0471. The number of rotatable bonds is 3. The molecule has 3 rings (SSSR count). The van der Waals surface area contributed by atoms with Gasteiger partial charge in [-0.3, -0.25) is 0 Å². The van der Waals surface area contributed by atoms with Gasteiger partial charge >= 0.3 is 0 Å². The van der Waals surface area contributed by atoms with Crippen LogP contribution in [0.2, 0.25) is 0 Å². The smallest absolute Gasteiger partial charge is 0.0876 e.